The van der Waals surface area contributed by atoms with Crippen LogP contribution in [0.25, 0.3) is 0 Å². The van der Waals surface area contributed by atoms with Gasteiger partial charge in [0, 0.05) is 18.8 Å². The van der Waals surface area contributed by atoms with Gasteiger partial charge < -0.3 is 10.2 Å². The van der Waals surface area contributed by atoms with Crippen LogP contribution in [0.5, 0.6) is 0 Å². The van der Waals surface area contributed by atoms with E-state index in [0.717, 1.165) is 13.0 Å². The van der Waals surface area contributed by atoms with Gasteiger partial charge in [-0.3, -0.25) is 4.68 Å². The van der Waals surface area contributed by atoms with Crippen LogP contribution in [-0.2, 0) is 7.05 Å². The van der Waals surface area contributed by atoms with Crippen molar-refractivity contribution in [1.82, 2.24) is 20.0 Å². The topological polar surface area (TPSA) is 33.1 Å². The van der Waals surface area contributed by atoms with Crippen LogP contribution in [0, 0.1) is 0 Å². The van der Waals surface area contributed by atoms with E-state index in [9.17, 15) is 0 Å². The third-order valence-electron chi connectivity index (χ3n) is 4.78. The Balaban J connectivity index is 2.31. The van der Waals surface area contributed by atoms with Crippen molar-refractivity contribution in [3.8, 4) is 0 Å². The fourth-order valence-corrected chi connectivity index (χ4v) is 3.60. The highest BCUT2D eigenvalue weighted by Crippen LogP contribution is 2.41. The summed E-state index contributed by atoms with van der Waals surface area (Å²) in [5.74, 6) is 0. The lowest BCUT2D eigenvalue weighted by molar-refractivity contribution is 0.0546. The zero-order chi connectivity index (χ0) is 14.6. The summed E-state index contributed by atoms with van der Waals surface area (Å²) in [7, 11) is 6.47. The number of aromatic nitrogens is 2. The van der Waals surface area contributed by atoms with Crippen molar-refractivity contribution in [3.05, 3.63) is 18.0 Å². The second-order valence-corrected chi connectivity index (χ2v) is 6.36. The lowest BCUT2D eigenvalue weighted by atomic mass is 9.74. The average Bonchev–Trinajstić information content (AvgIpc) is 2.86. The number of nitrogens with zero attached hydrogens (tertiary/aromatic N) is 3. The molecule has 0 saturated heterocycles. The van der Waals surface area contributed by atoms with Gasteiger partial charge in [0.15, 0.2) is 0 Å². The summed E-state index contributed by atoms with van der Waals surface area (Å²) in [5.41, 5.74) is 1.40. The standard InChI is InChI=1S/C16H30N4/c1-5-12-17-15(14-9-13-20(4)18-14)16(19(2)3)10-7-6-8-11-16/h9,13,15,17H,5-8,10-12H2,1-4H3. The molecule has 1 unspecified atom stereocenters. The van der Waals surface area contributed by atoms with E-state index in [0.29, 0.717) is 6.04 Å². The molecule has 1 fully saturated rings. The first-order valence-electron chi connectivity index (χ1n) is 8.00. The van der Waals surface area contributed by atoms with Gasteiger partial charge in [0.05, 0.1) is 11.7 Å². The van der Waals surface area contributed by atoms with Gasteiger partial charge in [0.2, 0.25) is 0 Å². The SMILES string of the molecule is CCCNC(c1ccn(C)n1)C1(N(C)C)CCCCC1. The molecular formula is C16H30N4. The van der Waals surface area contributed by atoms with Crippen LogP contribution in [-0.4, -0.2) is 40.9 Å². The van der Waals surface area contributed by atoms with Crippen LogP contribution in [0.15, 0.2) is 12.3 Å². The first-order chi connectivity index (χ1) is 9.60. The second kappa shape index (κ2) is 6.72. The van der Waals surface area contributed by atoms with E-state index >= 15 is 0 Å². The van der Waals surface area contributed by atoms with Crippen molar-refractivity contribution in [2.75, 3.05) is 20.6 Å². The van der Waals surface area contributed by atoms with Crippen molar-refractivity contribution >= 4 is 0 Å². The van der Waals surface area contributed by atoms with Gasteiger partial charge in [-0.15, -0.1) is 0 Å². The molecule has 0 aliphatic heterocycles. The predicted octanol–water partition coefficient (Wildman–Crippen LogP) is 2.73. The predicted molar refractivity (Wildman–Crippen MR) is 83.7 cm³/mol. The maximum Gasteiger partial charge on any atom is 0.0812 e. The Hall–Kier alpha value is -0.870. The molecule has 1 aromatic heterocycles. The van der Waals surface area contributed by atoms with E-state index in [1.165, 1.54) is 37.8 Å². The molecule has 0 bridgehead atoms. The van der Waals surface area contributed by atoms with Gasteiger partial charge >= 0.3 is 0 Å². The zero-order valence-electron chi connectivity index (χ0n) is 13.5. The highest BCUT2D eigenvalue weighted by atomic mass is 15.3. The van der Waals surface area contributed by atoms with Gasteiger partial charge in [0.1, 0.15) is 0 Å². The largest absolute Gasteiger partial charge is 0.307 e. The zero-order valence-corrected chi connectivity index (χ0v) is 13.5. The molecule has 0 aromatic carbocycles. The first kappa shape index (κ1) is 15.5. The first-order valence-corrected chi connectivity index (χ1v) is 8.00. The van der Waals surface area contributed by atoms with E-state index in [1.807, 2.05) is 11.7 Å². The molecule has 1 atom stereocenters. The lowest BCUT2D eigenvalue weighted by Crippen LogP contribution is -2.55. The molecule has 114 valence electrons. The van der Waals surface area contributed by atoms with E-state index < -0.39 is 0 Å². The summed E-state index contributed by atoms with van der Waals surface area (Å²) in [4.78, 5) is 2.44. The van der Waals surface area contributed by atoms with Gasteiger partial charge in [-0.05, 0) is 46.0 Å². The molecule has 1 aliphatic carbocycles. The Morgan fingerprint density at radius 2 is 2.05 bits per heavy atom. The van der Waals surface area contributed by atoms with E-state index in [4.69, 9.17) is 5.10 Å². The second-order valence-electron chi connectivity index (χ2n) is 6.36. The summed E-state index contributed by atoms with van der Waals surface area (Å²) in [5, 5.41) is 8.47. The molecule has 1 N–H and O–H groups in total. The monoisotopic (exact) mass is 278 g/mol. The normalized spacial score (nSPS) is 20.2. The Morgan fingerprint density at radius 3 is 2.55 bits per heavy atom. The van der Waals surface area contributed by atoms with Gasteiger partial charge in [-0.2, -0.15) is 5.10 Å². The van der Waals surface area contributed by atoms with Crippen LogP contribution in [0.3, 0.4) is 0 Å². The lowest BCUT2D eigenvalue weighted by Gasteiger charge is -2.48. The summed E-state index contributed by atoms with van der Waals surface area (Å²) < 4.78 is 1.92. The Bertz CT molecular complexity index is 404. The van der Waals surface area contributed by atoms with Crippen LogP contribution < -0.4 is 5.32 Å². The van der Waals surface area contributed by atoms with Crippen molar-refractivity contribution in [3.63, 3.8) is 0 Å². The number of likely N-dealkylation sites (N-methyl/N-ethyl adjacent to an activating group) is 1. The molecule has 2 rings (SSSR count). The molecule has 20 heavy (non-hydrogen) atoms. The fourth-order valence-electron chi connectivity index (χ4n) is 3.60. The van der Waals surface area contributed by atoms with Crippen molar-refractivity contribution < 1.29 is 0 Å². The van der Waals surface area contributed by atoms with Crippen LogP contribution in [0.4, 0.5) is 0 Å². The number of aryl methyl sites for hydroxylation is 1. The molecule has 1 aliphatic rings. The Labute approximate surface area is 123 Å². The third kappa shape index (κ3) is 3.07. The van der Waals surface area contributed by atoms with Gasteiger partial charge in [-0.25, -0.2) is 0 Å². The third-order valence-corrected chi connectivity index (χ3v) is 4.78. The highest BCUT2D eigenvalue weighted by molar-refractivity contribution is 5.15. The molecule has 1 heterocycles. The fraction of sp³-hybridized carbons (Fsp3) is 0.812. The van der Waals surface area contributed by atoms with Crippen LogP contribution >= 0.6 is 0 Å². The number of hydrogen-bond acceptors (Lipinski definition) is 3. The summed E-state index contributed by atoms with van der Waals surface area (Å²) in [6, 6.07) is 2.51. The molecule has 1 aromatic rings. The number of hydrogen-bond donors (Lipinski definition) is 1. The highest BCUT2D eigenvalue weighted by Gasteiger charge is 2.43. The Morgan fingerprint density at radius 1 is 1.35 bits per heavy atom. The van der Waals surface area contributed by atoms with Crippen LogP contribution in [0.1, 0.15) is 57.2 Å². The van der Waals surface area contributed by atoms with Crippen molar-refractivity contribution in [2.45, 2.75) is 57.0 Å². The molecule has 4 nitrogen and oxygen atoms in total. The molecular weight excluding hydrogens is 248 g/mol. The average molecular weight is 278 g/mol. The summed E-state index contributed by atoms with van der Waals surface area (Å²) >= 11 is 0. The number of nitrogens with one attached hydrogen (secondary N) is 1. The van der Waals surface area contributed by atoms with E-state index in [2.05, 4.69) is 43.5 Å². The Kier molecular flexibility index (Phi) is 5.22. The van der Waals surface area contributed by atoms with Gasteiger partial charge in [0.25, 0.3) is 0 Å². The maximum absolute atomic E-state index is 4.69. The van der Waals surface area contributed by atoms with E-state index in [1.54, 1.807) is 0 Å². The maximum atomic E-state index is 4.69. The molecule has 4 heteroatoms. The number of rotatable bonds is 6. The molecule has 0 radical (unpaired) electrons. The summed E-state index contributed by atoms with van der Waals surface area (Å²) in [6.07, 6.45) is 9.77. The minimum Gasteiger partial charge on any atom is -0.307 e. The van der Waals surface area contributed by atoms with Crippen molar-refractivity contribution in [1.29, 1.82) is 0 Å². The molecule has 0 amide bonds. The summed E-state index contributed by atoms with van der Waals surface area (Å²) in [6.45, 7) is 3.28. The minimum absolute atomic E-state index is 0.210. The molecule has 0 spiro atoms. The minimum atomic E-state index is 0.210. The van der Waals surface area contributed by atoms with Crippen molar-refractivity contribution in [2.24, 2.45) is 7.05 Å². The van der Waals surface area contributed by atoms with Crippen LogP contribution in [0.2, 0.25) is 0 Å². The quantitative estimate of drug-likeness (QED) is 0.868. The smallest absolute Gasteiger partial charge is 0.0812 e. The van der Waals surface area contributed by atoms with Gasteiger partial charge in [-0.1, -0.05) is 26.2 Å². The van der Waals surface area contributed by atoms with E-state index in [-0.39, 0.29) is 5.54 Å². The molecule has 1 saturated carbocycles.